The zero-order chi connectivity index (χ0) is 16.1. The van der Waals surface area contributed by atoms with Gasteiger partial charge in [-0.3, -0.25) is 9.59 Å². The van der Waals surface area contributed by atoms with Gasteiger partial charge in [0.1, 0.15) is 5.82 Å². The molecule has 6 heteroatoms. The van der Waals surface area contributed by atoms with Gasteiger partial charge in [-0.2, -0.15) is 0 Å². The van der Waals surface area contributed by atoms with E-state index in [0.717, 1.165) is 18.9 Å². The molecule has 0 aromatic heterocycles. The highest BCUT2D eigenvalue weighted by Gasteiger charge is 2.25. The molecule has 0 aliphatic carbocycles. The Morgan fingerprint density at radius 2 is 2.09 bits per heavy atom. The normalized spacial score (nSPS) is 17.1. The molecule has 0 bridgehead atoms. The summed E-state index contributed by atoms with van der Waals surface area (Å²) in [6.45, 7) is 2.84. The fourth-order valence-electron chi connectivity index (χ4n) is 2.63. The van der Waals surface area contributed by atoms with Gasteiger partial charge in [0.05, 0.1) is 12.6 Å². The number of nitrogens with zero attached hydrogens (tertiary/aromatic N) is 1. The minimum Gasteiger partial charge on any atom is -0.393 e. The van der Waals surface area contributed by atoms with Crippen LogP contribution in [0.25, 0.3) is 0 Å². The molecule has 1 saturated heterocycles. The van der Waals surface area contributed by atoms with E-state index in [1.165, 1.54) is 18.2 Å². The number of hydrogen-bond donors (Lipinski definition) is 2. The van der Waals surface area contributed by atoms with E-state index in [9.17, 15) is 19.1 Å². The Labute approximate surface area is 129 Å². The average molecular weight is 308 g/mol. The Morgan fingerprint density at radius 1 is 1.41 bits per heavy atom. The van der Waals surface area contributed by atoms with E-state index >= 15 is 0 Å². The number of rotatable bonds is 4. The van der Waals surface area contributed by atoms with Crippen molar-refractivity contribution in [1.82, 2.24) is 10.2 Å². The largest absolute Gasteiger partial charge is 0.393 e. The van der Waals surface area contributed by atoms with E-state index < -0.39 is 11.7 Å². The molecule has 5 nitrogen and oxygen atoms in total. The van der Waals surface area contributed by atoms with Gasteiger partial charge in [0.15, 0.2) is 0 Å². The van der Waals surface area contributed by atoms with E-state index in [1.54, 1.807) is 11.8 Å². The molecular formula is C16H21FN2O3. The van der Waals surface area contributed by atoms with Crippen molar-refractivity contribution in [1.29, 1.82) is 0 Å². The SMILES string of the molecule is CC(O)C1CCN(C(=O)CNC(=O)c2cccc(F)c2)CC1. The maximum atomic E-state index is 13.0. The van der Waals surface area contributed by atoms with Crippen molar-refractivity contribution in [2.24, 2.45) is 5.92 Å². The molecular weight excluding hydrogens is 287 g/mol. The number of carbonyl (C=O) groups excluding carboxylic acids is 2. The number of nitrogens with one attached hydrogen (secondary N) is 1. The first kappa shape index (κ1) is 16.4. The van der Waals surface area contributed by atoms with Crippen LogP contribution < -0.4 is 5.32 Å². The summed E-state index contributed by atoms with van der Waals surface area (Å²) in [4.78, 5) is 25.6. The molecule has 120 valence electrons. The van der Waals surface area contributed by atoms with E-state index in [2.05, 4.69) is 5.32 Å². The van der Waals surface area contributed by atoms with Crippen molar-refractivity contribution in [2.75, 3.05) is 19.6 Å². The third-order valence-corrected chi connectivity index (χ3v) is 4.06. The Hall–Kier alpha value is -1.95. The second kappa shape index (κ2) is 7.35. The lowest BCUT2D eigenvalue weighted by atomic mass is 9.92. The smallest absolute Gasteiger partial charge is 0.251 e. The molecule has 1 aliphatic rings. The van der Waals surface area contributed by atoms with E-state index in [-0.39, 0.29) is 30.0 Å². The molecule has 1 atom stereocenters. The van der Waals surface area contributed by atoms with Crippen molar-refractivity contribution in [3.8, 4) is 0 Å². The summed E-state index contributed by atoms with van der Waals surface area (Å²) in [6.07, 6.45) is 1.17. The Kier molecular flexibility index (Phi) is 5.49. The maximum absolute atomic E-state index is 13.0. The summed E-state index contributed by atoms with van der Waals surface area (Å²) in [5.74, 6) is -0.884. The van der Waals surface area contributed by atoms with Crippen LogP contribution >= 0.6 is 0 Å². The summed E-state index contributed by atoms with van der Waals surface area (Å²) in [7, 11) is 0. The topological polar surface area (TPSA) is 69.6 Å². The third kappa shape index (κ3) is 4.27. The van der Waals surface area contributed by atoms with Crippen LogP contribution in [0, 0.1) is 11.7 Å². The molecule has 0 radical (unpaired) electrons. The quantitative estimate of drug-likeness (QED) is 0.877. The fraction of sp³-hybridized carbons (Fsp3) is 0.500. The van der Waals surface area contributed by atoms with Gasteiger partial charge in [0.2, 0.25) is 5.91 Å². The van der Waals surface area contributed by atoms with E-state index in [1.807, 2.05) is 0 Å². The number of hydrogen-bond acceptors (Lipinski definition) is 3. The van der Waals surface area contributed by atoms with Gasteiger partial charge in [0, 0.05) is 18.7 Å². The molecule has 0 spiro atoms. The predicted molar refractivity (Wildman–Crippen MR) is 79.7 cm³/mol. The second-order valence-electron chi connectivity index (χ2n) is 5.65. The summed E-state index contributed by atoms with van der Waals surface area (Å²) in [5, 5.41) is 12.0. The molecule has 1 unspecified atom stereocenters. The monoisotopic (exact) mass is 308 g/mol. The van der Waals surface area contributed by atoms with Crippen LogP contribution in [0.15, 0.2) is 24.3 Å². The number of halogens is 1. The zero-order valence-corrected chi connectivity index (χ0v) is 12.6. The molecule has 2 rings (SSSR count). The van der Waals surface area contributed by atoms with Gasteiger partial charge in [-0.15, -0.1) is 0 Å². The van der Waals surface area contributed by atoms with Gasteiger partial charge < -0.3 is 15.3 Å². The first-order valence-electron chi connectivity index (χ1n) is 7.47. The highest BCUT2D eigenvalue weighted by molar-refractivity contribution is 5.96. The maximum Gasteiger partial charge on any atom is 0.251 e. The molecule has 2 N–H and O–H groups in total. The predicted octanol–water partition coefficient (Wildman–Crippen LogP) is 1.17. The molecule has 1 aromatic rings. The number of likely N-dealkylation sites (tertiary alicyclic amines) is 1. The Morgan fingerprint density at radius 3 is 2.68 bits per heavy atom. The van der Waals surface area contributed by atoms with Crippen LogP contribution in [0.4, 0.5) is 4.39 Å². The van der Waals surface area contributed by atoms with Gasteiger partial charge in [0.25, 0.3) is 5.91 Å². The lowest BCUT2D eigenvalue weighted by Crippen LogP contribution is -2.45. The number of benzene rings is 1. The van der Waals surface area contributed by atoms with Crippen LogP contribution in [0.1, 0.15) is 30.1 Å². The van der Waals surface area contributed by atoms with Gasteiger partial charge >= 0.3 is 0 Å². The van der Waals surface area contributed by atoms with Crippen LogP contribution in [0.3, 0.4) is 0 Å². The highest BCUT2D eigenvalue weighted by atomic mass is 19.1. The number of amides is 2. The molecule has 1 aromatic carbocycles. The van der Waals surface area contributed by atoms with Crippen LogP contribution in [0.2, 0.25) is 0 Å². The molecule has 2 amide bonds. The first-order valence-corrected chi connectivity index (χ1v) is 7.47. The minimum atomic E-state index is -0.487. The Bertz CT molecular complexity index is 540. The van der Waals surface area contributed by atoms with Gasteiger partial charge in [-0.1, -0.05) is 6.07 Å². The molecule has 1 aliphatic heterocycles. The minimum absolute atomic E-state index is 0.102. The highest BCUT2D eigenvalue weighted by Crippen LogP contribution is 2.20. The van der Waals surface area contributed by atoms with Crippen LogP contribution in [-0.2, 0) is 4.79 Å². The summed E-state index contributed by atoms with van der Waals surface area (Å²) < 4.78 is 13.0. The van der Waals surface area contributed by atoms with Crippen molar-refractivity contribution in [3.63, 3.8) is 0 Å². The molecule has 22 heavy (non-hydrogen) atoms. The lowest BCUT2D eigenvalue weighted by Gasteiger charge is -2.33. The summed E-state index contributed by atoms with van der Waals surface area (Å²) in [5.41, 5.74) is 0.195. The summed E-state index contributed by atoms with van der Waals surface area (Å²) in [6, 6.07) is 5.34. The summed E-state index contributed by atoms with van der Waals surface area (Å²) >= 11 is 0. The van der Waals surface area contributed by atoms with Crippen LogP contribution in [-0.4, -0.2) is 47.6 Å². The van der Waals surface area contributed by atoms with Crippen molar-refractivity contribution in [3.05, 3.63) is 35.6 Å². The third-order valence-electron chi connectivity index (χ3n) is 4.06. The first-order chi connectivity index (χ1) is 10.5. The van der Waals surface area contributed by atoms with Crippen LogP contribution in [0.5, 0.6) is 0 Å². The zero-order valence-electron chi connectivity index (χ0n) is 12.6. The van der Waals surface area contributed by atoms with E-state index in [4.69, 9.17) is 0 Å². The van der Waals surface area contributed by atoms with Crippen molar-refractivity contribution < 1.29 is 19.1 Å². The molecule has 1 fully saturated rings. The Balaban J connectivity index is 1.80. The molecule has 1 heterocycles. The number of aliphatic hydroxyl groups is 1. The van der Waals surface area contributed by atoms with Gasteiger partial charge in [-0.05, 0) is 43.9 Å². The lowest BCUT2D eigenvalue weighted by molar-refractivity contribution is -0.132. The number of carbonyl (C=O) groups is 2. The number of piperidine rings is 1. The standard InChI is InChI=1S/C16H21FN2O3/c1-11(20)12-5-7-19(8-6-12)15(21)10-18-16(22)13-3-2-4-14(17)9-13/h2-4,9,11-12,20H,5-8,10H2,1H3,(H,18,22). The number of aliphatic hydroxyl groups excluding tert-OH is 1. The average Bonchev–Trinajstić information content (AvgIpc) is 2.52. The van der Waals surface area contributed by atoms with Crippen molar-refractivity contribution >= 4 is 11.8 Å². The molecule has 0 saturated carbocycles. The second-order valence-corrected chi connectivity index (χ2v) is 5.65. The fourth-order valence-corrected chi connectivity index (χ4v) is 2.63. The van der Waals surface area contributed by atoms with Crippen molar-refractivity contribution in [2.45, 2.75) is 25.9 Å². The van der Waals surface area contributed by atoms with Gasteiger partial charge in [-0.25, -0.2) is 4.39 Å². The van der Waals surface area contributed by atoms with E-state index in [0.29, 0.717) is 13.1 Å².